The molecule has 0 amide bonds. The largest absolute Gasteiger partial charge is 0.377 e. The van der Waals surface area contributed by atoms with Gasteiger partial charge in [0.05, 0.1) is 17.1 Å². The summed E-state index contributed by atoms with van der Waals surface area (Å²) >= 11 is 0. The number of rotatable bonds is 4. The van der Waals surface area contributed by atoms with Gasteiger partial charge in [-0.1, -0.05) is 12.1 Å². The first kappa shape index (κ1) is 12.6. The Morgan fingerprint density at radius 2 is 2.06 bits per heavy atom. The van der Waals surface area contributed by atoms with Gasteiger partial charge >= 0.3 is 0 Å². The number of anilines is 1. The number of nitrogens with one attached hydrogen (secondary N) is 1. The summed E-state index contributed by atoms with van der Waals surface area (Å²) in [5.41, 5.74) is 0.562. The Balaban J connectivity index is 2.20. The minimum atomic E-state index is -3.24. The molecule has 0 saturated heterocycles. The zero-order valence-electron chi connectivity index (χ0n) is 10.2. The van der Waals surface area contributed by atoms with Gasteiger partial charge in [0.1, 0.15) is 6.33 Å². The van der Waals surface area contributed by atoms with E-state index in [1.165, 1.54) is 6.26 Å². The number of hydrogen-bond acceptors (Lipinski definition) is 5. The van der Waals surface area contributed by atoms with E-state index in [2.05, 4.69) is 15.4 Å². The second-order valence-corrected chi connectivity index (χ2v) is 5.94. The Kier molecular flexibility index (Phi) is 3.33. The molecular weight excluding hydrogens is 252 g/mol. The minimum Gasteiger partial charge on any atom is -0.377 e. The molecule has 1 aromatic heterocycles. The summed E-state index contributed by atoms with van der Waals surface area (Å²) in [7, 11) is -1.46. The molecule has 0 unspecified atom stereocenters. The first-order valence-electron chi connectivity index (χ1n) is 5.34. The van der Waals surface area contributed by atoms with Crippen molar-refractivity contribution >= 4 is 15.5 Å². The summed E-state index contributed by atoms with van der Waals surface area (Å²) in [6, 6.07) is 6.77. The average Bonchev–Trinajstić information content (AvgIpc) is 2.72. The zero-order valence-corrected chi connectivity index (χ0v) is 11.0. The van der Waals surface area contributed by atoms with Crippen LogP contribution in [-0.4, -0.2) is 29.4 Å². The van der Waals surface area contributed by atoms with E-state index < -0.39 is 9.84 Å². The fourth-order valence-electron chi connectivity index (χ4n) is 1.58. The normalized spacial score (nSPS) is 11.4. The van der Waals surface area contributed by atoms with Crippen molar-refractivity contribution in [1.29, 1.82) is 0 Å². The topological polar surface area (TPSA) is 76.9 Å². The van der Waals surface area contributed by atoms with Gasteiger partial charge in [-0.25, -0.2) is 13.4 Å². The van der Waals surface area contributed by atoms with Crippen molar-refractivity contribution in [3.63, 3.8) is 0 Å². The fourth-order valence-corrected chi connectivity index (χ4v) is 2.44. The van der Waals surface area contributed by atoms with Crippen molar-refractivity contribution < 1.29 is 8.42 Å². The Bertz CT molecular complexity index is 649. The standard InChI is InChI=1S/C11H14N4O2S/c1-15-8-13-11(14-15)7-12-9-5-3-4-6-10(9)18(2,16)17/h3-6,8,12H,7H2,1-2H3. The molecule has 0 aliphatic carbocycles. The van der Waals surface area contributed by atoms with Crippen LogP contribution in [-0.2, 0) is 23.4 Å². The van der Waals surface area contributed by atoms with E-state index in [4.69, 9.17) is 0 Å². The smallest absolute Gasteiger partial charge is 0.177 e. The predicted molar refractivity (Wildman–Crippen MR) is 67.9 cm³/mol. The second-order valence-electron chi connectivity index (χ2n) is 3.96. The van der Waals surface area contributed by atoms with Crippen LogP contribution >= 0.6 is 0 Å². The van der Waals surface area contributed by atoms with Crippen LogP contribution in [0.15, 0.2) is 35.5 Å². The summed E-state index contributed by atoms with van der Waals surface area (Å²) < 4.78 is 24.8. The Morgan fingerprint density at radius 1 is 1.33 bits per heavy atom. The molecular formula is C11H14N4O2S. The predicted octanol–water partition coefficient (Wildman–Crippen LogP) is 0.831. The third-order valence-corrected chi connectivity index (χ3v) is 3.53. The van der Waals surface area contributed by atoms with E-state index in [-0.39, 0.29) is 4.90 Å². The lowest BCUT2D eigenvalue weighted by atomic mass is 10.3. The molecule has 0 aliphatic heterocycles. The van der Waals surface area contributed by atoms with Gasteiger partial charge in [-0.3, -0.25) is 4.68 Å². The maximum Gasteiger partial charge on any atom is 0.177 e. The Hall–Kier alpha value is -1.89. The maximum atomic E-state index is 11.6. The maximum absolute atomic E-state index is 11.6. The third-order valence-electron chi connectivity index (χ3n) is 2.37. The molecule has 1 aromatic carbocycles. The highest BCUT2D eigenvalue weighted by atomic mass is 32.2. The van der Waals surface area contributed by atoms with Gasteiger partial charge in [-0.2, -0.15) is 5.10 Å². The van der Waals surface area contributed by atoms with Crippen LogP contribution in [0.2, 0.25) is 0 Å². The van der Waals surface area contributed by atoms with E-state index in [0.717, 1.165) is 0 Å². The molecule has 7 heteroatoms. The monoisotopic (exact) mass is 266 g/mol. The summed E-state index contributed by atoms with van der Waals surface area (Å²) in [5.74, 6) is 0.612. The molecule has 0 saturated carbocycles. The zero-order chi connectivity index (χ0) is 13.2. The fraction of sp³-hybridized carbons (Fsp3) is 0.273. The molecule has 6 nitrogen and oxygen atoms in total. The Labute approximate surface area is 106 Å². The number of aryl methyl sites for hydroxylation is 1. The molecule has 96 valence electrons. The van der Waals surface area contributed by atoms with Crippen LogP contribution in [0.4, 0.5) is 5.69 Å². The molecule has 0 spiro atoms. The van der Waals surface area contributed by atoms with Crippen molar-refractivity contribution in [2.45, 2.75) is 11.4 Å². The molecule has 2 rings (SSSR count). The molecule has 2 aromatic rings. The highest BCUT2D eigenvalue weighted by Gasteiger charge is 2.12. The van der Waals surface area contributed by atoms with Crippen LogP contribution < -0.4 is 5.32 Å². The number of para-hydroxylation sites is 1. The van der Waals surface area contributed by atoms with Crippen molar-refractivity contribution in [3.8, 4) is 0 Å². The third kappa shape index (κ3) is 2.86. The lowest BCUT2D eigenvalue weighted by Gasteiger charge is -2.08. The van der Waals surface area contributed by atoms with Crippen LogP contribution in [0.25, 0.3) is 0 Å². The molecule has 0 bridgehead atoms. The lowest BCUT2D eigenvalue weighted by molar-refractivity contribution is 0.602. The van der Waals surface area contributed by atoms with Crippen molar-refractivity contribution in [2.24, 2.45) is 7.05 Å². The van der Waals surface area contributed by atoms with Gasteiger partial charge in [0.15, 0.2) is 15.7 Å². The van der Waals surface area contributed by atoms with Gasteiger partial charge < -0.3 is 5.32 Å². The van der Waals surface area contributed by atoms with E-state index in [1.54, 1.807) is 42.3 Å². The molecule has 18 heavy (non-hydrogen) atoms. The number of sulfone groups is 1. The molecule has 0 aliphatic rings. The van der Waals surface area contributed by atoms with Crippen molar-refractivity contribution in [1.82, 2.24) is 14.8 Å². The van der Waals surface area contributed by atoms with Crippen molar-refractivity contribution in [2.75, 3.05) is 11.6 Å². The van der Waals surface area contributed by atoms with Crippen LogP contribution in [0, 0.1) is 0 Å². The van der Waals surface area contributed by atoms with Gasteiger partial charge in [0.2, 0.25) is 0 Å². The van der Waals surface area contributed by atoms with E-state index in [0.29, 0.717) is 18.1 Å². The van der Waals surface area contributed by atoms with Gasteiger partial charge in [-0.15, -0.1) is 0 Å². The van der Waals surface area contributed by atoms with E-state index in [1.807, 2.05) is 0 Å². The summed E-state index contributed by atoms with van der Waals surface area (Å²) in [5, 5.41) is 7.14. The number of benzene rings is 1. The van der Waals surface area contributed by atoms with E-state index in [9.17, 15) is 8.42 Å². The second kappa shape index (κ2) is 4.77. The summed E-state index contributed by atoms with van der Waals surface area (Å²) in [6.45, 7) is 0.382. The minimum absolute atomic E-state index is 0.279. The Morgan fingerprint density at radius 3 is 2.67 bits per heavy atom. The number of nitrogens with zero attached hydrogens (tertiary/aromatic N) is 3. The van der Waals surface area contributed by atoms with Gasteiger partial charge in [-0.05, 0) is 12.1 Å². The summed E-state index contributed by atoms with van der Waals surface area (Å²) in [4.78, 5) is 4.34. The SMILES string of the molecule is Cn1cnc(CNc2ccccc2S(C)(=O)=O)n1. The van der Waals surface area contributed by atoms with Crippen LogP contribution in [0.5, 0.6) is 0 Å². The van der Waals surface area contributed by atoms with E-state index >= 15 is 0 Å². The molecule has 0 fully saturated rings. The van der Waals surface area contributed by atoms with Crippen LogP contribution in [0.1, 0.15) is 5.82 Å². The van der Waals surface area contributed by atoms with Crippen molar-refractivity contribution in [3.05, 3.63) is 36.4 Å². The highest BCUT2D eigenvalue weighted by Crippen LogP contribution is 2.20. The van der Waals surface area contributed by atoms with Gasteiger partial charge in [0, 0.05) is 13.3 Å². The molecule has 1 N–H and O–H groups in total. The quantitative estimate of drug-likeness (QED) is 0.887. The molecule has 0 radical (unpaired) electrons. The van der Waals surface area contributed by atoms with Gasteiger partial charge in [0.25, 0.3) is 0 Å². The first-order chi connectivity index (χ1) is 8.47. The first-order valence-corrected chi connectivity index (χ1v) is 7.23. The summed E-state index contributed by atoms with van der Waals surface area (Å²) in [6.07, 6.45) is 2.78. The molecule has 1 heterocycles. The molecule has 0 atom stereocenters. The number of hydrogen-bond donors (Lipinski definition) is 1. The number of aromatic nitrogens is 3. The highest BCUT2D eigenvalue weighted by molar-refractivity contribution is 7.90. The van der Waals surface area contributed by atoms with Crippen LogP contribution in [0.3, 0.4) is 0 Å². The lowest BCUT2D eigenvalue weighted by Crippen LogP contribution is -2.07. The average molecular weight is 266 g/mol.